The van der Waals surface area contributed by atoms with Crippen LogP contribution in [0.2, 0.25) is 5.15 Å². The van der Waals surface area contributed by atoms with Crippen LogP contribution in [0.4, 0.5) is 0 Å². The largest absolute Gasteiger partial charge is 0.344 e. The molecule has 18 heavy (non-hydrogen) atoms. The maximum Gasteiger partial charge on any atom is 0.151 e. The minimum atomic E-state index is 0.639. The van der Waals surface area contributed by atoms with Gasteiger partial charge in [-0.1, -0.05) is 37.8 Å². The Kier molecular flexibility index (Phi) is 5.51. The van der Waals surface area contributed by atoms with Crippen molar-refractivity contribution in [1.82, 2.24) is 15.3 Å². The first-order valence-corrected chi connectivity index (χ1v) is 7.61. The SMILES string of the molecule is CCCCc1nc(Cl)c(CNCC2CCCC2)[nH]1. The first-order valence-electron chi connectivity index (χ1n) is 7.23. The number of nitrogens with zero attached hydrogens (tertiary/aromatic N) is 1. The summed E-state index contributed by atoms with van der Waals surface area (Å²) in [6.07, 6.45) is 8.92. The van der Waals surface area contributed by atoms with Gasteiger partial charge in [0.1, 0.15) is 5.82 Å². The van der Waals surface area contributed by atoms with Crippen molar-refractivity contribution in [3.8, 4) is 0 Å². The molecule has 1 aliphatic rings. The topological polar surface area (TPSA) is 40.7 Å². The van der Waals surface area contributed by atoms with Gasteiger partial charge in [0.05, 0.1) is 5.69 Å². The van der Waals surface area contributed by atoms with Gasteiger partial charge in [-0.3, -0.25) is 0 Å². The van der Waals surface area contributed by atoms with Crippen LogP contribution in [0.15, 0.2) is 0 Å². The molecule has 1 heterocycles. The van der Waals surface area contributed by atoms with Gasteiger partial charge < -0.3 is 10.3 Å². The van der Waals surface area contributed by atoms with Gasteiger partial charge in [-0.05, 0) is 31.7 Å². The highest BCUT2D eigenvalue weighted by Gasteiger charge is 2.14. The summed E-state index contributed by atoms with van der Waals surface area (Å²) in [7, 11) is 0. The minimum absolute atomic E-state index is 0.639. The Balaban J connectivity index is 1.75. The molecule has 1 saturated carbocycles. The molecular formula is C14H24ClN3. The van der Waals surface area contributed by atoms with Crippen LogP contribution >= 0.6 is 11.6 Å². The summed E-state index contributed by atoms with van der Waals surface area (Å²) in [6.45, 7) is 4.11. The molecule has 0 amide bonds. The highest BCUT2D eigenvalue weighted by Crippen LogP contribution is 2.24. The first kappa shape index (κ1) is 13.9. The van der Waals surface area contributed by atoms with Crippen LogP contribution < -0.4 is 5.32 Å². The van der Waals surface area contributed by atoms with Crippen molar-refractivity contribution in [2.75, 3.05) is 6.54 Å². The molecule has 0 spiro atoms. The van der Waals surface area contributed by atoms with Gasteiger partial charge in [-0.2, -0.15) is 0 Å². The van der Waals surface area contributed by atoms with E-state index in [0.29, 0.717) is 5.15 Å². The van der Waals surface area contributed by atoms with Crippen LogP contribution in [0.25, 0.3) is 0 Å². The molecule has 0 aromatic carbocycles. The third kappa shape index (κ3) is 3.99. The molecule has 2 N–H and O–H groups in total. The molecule has 0 bridgehead atoms. The molecule has 4 heteroatoms. The molecule has 2 rings (SSSR count). The predicted octanol–water partition coefficient (Wildman–Crippen LogP) is 3.69. The third-order valence-electron chi connectivity index (χ3n) is 3.75. The van der Waals surface area contributed by atoms with E-state index in [0.717, 1.165) is 36.9 Å². The Hall–Kier alpha value is -0.540. The van der Waals surface area contributed by atoms with Crippen LogP contribution in [0.1, 0.15) is 57.0 Å². The van der Waals surface area contributed by atoms with Gasteiger partial charge in [0.15, 0.2) is 5.15 Å². The predicted molar refractivity (Wildman–Crippen MR) is 75.9 cm³/mol. The fourth-order valence-electron chi connectivity index (χ4n) is 2.64. The molecule has 0 aliphatic heterocycles. The van der Waals surface area contributed by atoms with Gasteiger partial charge in [-0.15, -0.1) is 0 Å². The molecule has 0 saturated heterocycles. The number of halogens is 1. The highest BCUT2D eigenvalue weighted by atomic mass is 35.5. The minimum Gasteiger partial charge on any atom is -0.344 e. The second kappa shape index (κ2) is 7.15. The summed E-state index contributed by atoms with van der Waals surface area (Å²) >= 11 is 6.14. The van der Waals surface area contributed by atoms with E-state index in [-0.39, 0.29) is 0 Å². The quantitative estimate of drug-likeness (QED) is 0.793. The van der Waals surface area contributed by atoms with E-state index in [9.17, 15) is 0 Å². The third-order valence-corrected chi connectivity index (χ3v) is 4.07. The van der Waals surface area contributed by atoms with Crippen LogP contribution in [-0.2, 0) is 13.0 Å². The zero-order chi connectivity index (χ0) is 12.8. The number of nitrogens with one attached hydrogen (secondary N) is 2. The van der Waals surface area contributed by atoms with E-state index >= 15 is 0 Å². The van der Waals surface area contributed by atoms with Crippen LogP contribution in [0.3, 0.4) is 0 Å². The second-order valence-corrected chi connectivity index (χ2v) is 5.70. The normalized spacial score (nSPS) is 16.6. The molecule has 1 aromatic heterocycles. The smallest absolute Gasteiger partial charge is 0.151 e. The average molecular weight is 270 g/mol. The highest BCUT2D eigenvalue weighted by molar-refractivity contribution is 6.30. The van der Waals surface area contributed by atoms with Crippen LogP contribution in [0.5, 0.6) is 0 Å². The lowest BCUT2D eigenvalue weighted by Gasteiger charge is -2.09. The summed E-state index contributed by atoms with van der Waals surface area (Å²) in [4.78, 5) is 7.70. The Labute approximate surface area is 115 Å². The number of rotatable bonds is 7. The van der Waals surface area contributed by atoms with E-state index in [1.54, 1.807) is 0 Å². The maximum absolute atomic E-state index is 6.14. The first-order chi connectivity index (χ1) is 8.79. The number of aryl methyl sites for hydroxylation is 1. The van der Waals surface area contributed by atoms with E-state index in [1.165, 1.54) is 38.5 Å². The number of imidazole rings is 1. The van der Waals surface area contributed by atoms with Crippen molar-refractivity contribution < 1.29 is 0 Å². The van der Waals surface area contributed by atoms with Gasteiger partial charge >= 0.3 is 0 Å². The van der Waals surface area contributed by atoms with E-state index in [1.807, 2.05) is 0 Å². The van der Waals surface area contributed by atoms with Crippen molar-refractivity contribution >= 4 is 11.6 Å². The molecule has 3 nitrogen and oxygen atoms in total. The van der Waals surface area contributed by atoms with Crippen molar-refractivity contribution in [2.45, 2.75) is 58.4 Å². The lowest BCUT2D eigenvalue weighted by atomic mass is 10.1. The molecule has 0 atom stereocenters. The van der Waals surface area contributed by atoms with Crippen LogP contribution in [0, 0.1) is 5.92 Å². The molecule has 1 fully saturated rings. The van der Waals surface area contributed by atoms with Crippen molar-refractivity contribution in [3.63, 3.8) is 0 Å². The summed E-state index contributed by atoms with van der Waals surface area (Å²) in [5, 5.41) is 4.14. The maximum atomic E-state index is 6.14. The second-order valence-electron chi connectivity index (χ2n) is 5.34. The van der Waals surface area contributed by atoms with Crippen molar-refractivity contribution in [1.29, 1.82) is 0 Å². The zero-order valence-electron chi connectivity index (χ0n) is 11.3. The molecule has 102 valence electrons. The fraction of sp³-hybridized carbons (Fsp3) is 0.786. The monoisotopic (exact) mass is 269 g/mol. The Morgan fingerprint density at radius 1 is 1.39 bits per heavy atom. The lowest BCUT2D eigenvalue weighted by Crippen LogP contribution is -2.21. The Morgan fingerprint density at radius 3 is 2.89 bits per heavy atom. The standard InChI is InChI=1S/C14H24ClN3/c1-2-3-8-13-17-12(14(15)18-13)10-16-9-11-6-4-5-7-11/h11,16H,2-10H2,1H3,(H,17,18). The number of H-pyrrole nitrogens is 1. The summed E-state index contributed by atoms with van der Waals surface area (Å²) in [5.74, 6) is 1.89. The molecule has 0 radical (unpaired) electrons. The summed E-state index contributed by atoms with van der Waals surface area (Å²) in [6, 6.07) is 0. The molecule has 1 aromatic rings. The van der Waals surface area contributed by atoms with Gasteiger partial charge in [0.25, 0.3) is 0 Å². The number of aromatic nitrogens is 2. The Bertz CT molecular complexity index is 356. The van der Waals surface area contributed by atoms with E-state index < -0.39 is 0 Å². The van der Waals surface area contributed by atoms with Crippen molar-refractivity contribution in [2.24, 2.45) is 5.92 Å². The summed E-state index contributed by atoms with van der Waals surface area (Å²) in [5.41, 5.74) is 1.04. The number of hydrogen-bond donors (Lipinski definition) is 2. The average Bonchev–Trinajstić information content (AvgIpc) is 2.98. The van der Waals surface area contributed by atoms with Crippen molar-refractivity contribution in [3.05, 3.63) is 16.7 Å². The number of hydrogen-bond acceptors (Lipinski definition) is 2. The zero-order valence-corrected chi connectivity index (χ0v) is 12.0. The van der Waals surface area contributed by atoms with Gasteiger partial charge in [0, 0.05) is 13.0 Å². The number of aromatic amines is 1. The molecule has 1 aliphatic carbocycles. The lowest BCUT2D eigenvalue weighted by molar-refractivity contribution is 0.487. The summed E-state index contributed by atoms with van der Waals surface area (Å²) < 4.78 is 0. The number of unbranched alkanes of at least 4 members (excludes halogenated alkanes) is 1. The van der Waals surface area contributed by atoms with Gasteiger partial charge in [0.2, 0.25) is 0 Å². The molecule has 0 unspecified atom stereocenters. The van der Waals surface area contributed by atoms with E-state index in [4.69, 9.17) is 11.6 Å². The Morgan fingerprint density at radius 2 is 2.17 bits per heavy atom. The molecular weight excluding hydrogens is 246 g/mol. The van der Waals surface area contributed by atoms with Gasteiger partial charge in [-0.25, -0.2) is 4.98 Å². The van der Waals surface area contributed by atoms with E-state index in [2.05, 4.69) is 22.2 Å². The fourth-order valence-corrected chi connectivity index (χ4v) is 2.85. The van der Waals surface area contributed by atoms with Crippen LogP contribution in [-0.4, -0.2) is 16.5 Å².